The van der Waals surface area contributed by atoms with E-state index in [2.05, 4.69) is 29.7 Å². The molecule has 10 nitrogen and oxygen atoms in total. The van der Waals surface area contributed by atoms with Gasteiger partial charge in [0, 0.05) is 59.4 Å². The summed E-state index contributed by atoms with van der Waals surface area (Å²) in [4.78, 5) is 45.9. The van der Waals surface area contributed by atoms with Crippen molar-refractivity contribution in [2.75, 3.05) is 44.3 Å². The van der Waals surface area contributed by atoms with Crippen LogP contribution in [0.1, 0.15) is 30.4 Å². The number of carbonyl (C=O) groups excluding carboxylic acids is 2. The number of aromatic nitrogens is 3. The second-order valence-corrected chi connectivity index (χ2v) is 18.3. The van der Waals surface area contributed by atoms with Gasteiger partial charge >= 0.3 is 12.4 Å². The van der Waals surface area contributed by atoms with E-state index in [1.807, 2.05) is 0 Å². The average molecular weight is 678 g/mol. The summed E-state index contributed by atoms with van der Waals surface area (Å²) in [6.45, 7) is 7.05. The number of nitrogens with zero attached hydrogens (tertiary/aromatic N) is 5. The summed E-state index contributed by atoms with van der Waals surface area (Å²) < 4.78 is 91.3. The van der Waals surface area contributed by atoms with E-state index < -0.39 is 68.0 Å². The third kappa shape index (κ3) is 9.08. The van der Waals surface area contributed by atoms with Crippen LogP contribution in [0.5, 0.6) is 5.75 Å². The van der Waals surface area contributed by atoms with Crippen LogP contribution in [-0.2, 0) is 33.4 Å². The molecule has 0 N–H and O–H groups in total. The maximum Gasteiger partial charge on any atom is 0.425 e. The highest BCUT2D eigenvalue weighted by Crippen LogP contribution is 2.35. The number of hydrogen-bond donors (Lipinski definition) is 0. The Bertz CT molecular complexity index is 1440. The molecule has 1 saturated heterocycles. The minimum absolute atomic E-state index is 0.0725. The summed E-state index contributed by atoms with van der Waals surface area (Å²) in [6.07, 6.45) is -7.37. The summed E-state index contributed by atoms with van der Waals surface area (Å²) in [5.41, 5.74) is -3.79. The number of ketones is 1. The van der Waals surface area contributed by atoms with Crippen molar-refractivity contribution in [1.82, 2.24) is 19.7 Å². The number of pyridine rings is 1. The van der Waals surface area contributed by atoms with Gasteiger partial charge in [-0.3, -0.25) is 14.4 Å². The highest BCUT2D eigenvalue weighted by molar-refractivity contribution is 6.76. The lowest BCUT2D eigenvalue weighted by Crippen LogP contribution is -2.49. The van der Waals surface area contributed by atoms with Gasteiger partial charge in [0.2, 0.25) is 5.91 Å². The average Bonchev–Trinajstić information content (AvgIpc) is 3.31. The molecule has 1 aliphatic heterocycles. The van der Waals surface area contributed by atoms with Gasteiger partial charge in [0.1, 0.15) is 18.3 Å². The Morgan fingerprint density at radius 3 is 2.22 bits per heavy atom. The summed E-state index contributed by atoms with van der Waals surface area (Å²) >= 11 is 0. The van der Waals surface area contributed by atoms with Gasteiger partial charge in [-0.25, -0.2) is 9.67 Å². The first-order chi connectivity index (χ1) is 21.4. The lowest BCUT2D eigenvalue weighted by atomic mass is 9.99. The van der Waals surface area contributed by atoms with Crippen LogP contribution in [0.3, 0.4) is 0 Å². The third-order valence-electron chi connectivity index (χ3n) is 8.06. The minimum Gasteiger partial charge on any atom is -0.490 e. The third-order valence-corrected chi connectivity index (χ3v) is 9.77. The molecule has 0 aromatic carbocycles. The molecule has 1 saturated carbocycles. The number of halogens is 6. The molecule has 2 atom stereocenters. The van der Waals surface area contributed by atoms with Crippen LogP contribution in [0.15, 0.2) is 29.3 Å². The summed E-state index contributed by atoms with van der Waals surface area (Å²) in [7, 11) is -1.44. The summed E-state index contributed by atoms with van der Waals surface area (Å²) in [5.74, 6) is -2.36. The quantitative estimate of drug-likeness (QED) is 0.192. The van der Waals surface area contributed by atoms with Crippen molar-refractivity contribution in [3.05, 3.63) is 46.0 Å². The fourth-order valence-electron chi connectivity index (χ4n) is 5.31. The molecule has 1 amide bonds. The first-order valence-corrected chi connectivity index (χ1v) is 18.6. The van der Waals surface area contributed by atoms with Crippen molar-refractivity contribution in [1.29, 1.82) is 0 Å². The molecule has 2 aliphatic rings. The second-order valence-electron chi connectivity index (χ2n) is 12.7. The number of carbonyl (C=O) groups is 2. The van der Waals surface area contributed by atoms with E-state index in [0.29, 0.717) is 36.4 Å². The van der Waals surface area contributed by atoms with Crippen molar-refractivity contribution in [3.8, 4) is 5.75 Å². The van der Waals surface area contributed by atoms with Crippen LogP contribution in [0.4, 0.5) is 32.2 Å². The molecular formula is C29H37F6N5O5Si. The zero-order chi connectivity index (χ0) is 33.9. The molecule has 2 aromatic rings. The van der Waals surface area contributed by atoms with Crippen LogP contribution < -0.4 is 15.2 Å². The normalized spacial score (nSPS) is 19.5. The van der Waals surface area contributed by atoms with Crippen molar-refractivity contribution in [3.63, 3.8) is 0 Å². The number of anilines is 1. The first kappa shape index (κ1) is 35.4. The van der Waals surface area contributed by atoms with E-state index in [-0.39, 0.29) is 37.8 Å². The SMILES string of the molecule is C[Si](C)(C)CCOCn1ncc(OCC2CCC(CC(=O)N3CCN(c4ccc(C(F)(F)F)cn4)CC3)C2=O)c(C(F)(F)F)c1=O. The van der Waals surface area contributed by atoms with Crippen LogP contribution in [-0.4, -0.2) is 78.8 Å². The van der Waals surface area contributed by atoms with Gasteiger partial charge in [-0.2, -0.15) is 31.4 Å². The van der Waals surface area contributed by atoms with Gasteiger partial charge in [-0.15, -0.1) is 0 Å². The number of piperazine rings is 1. The fourth-order valence-corrected chi connectivity index (χ4v) is 6.07. The Balaban J connectivity index is 1.28. The predicted molar refractivity (Wildman–Crippen MR) is 157 cm³/mol. The molecule has 2 unspecified atom stereocenters. The number of Topliss-reactive ketones (excluding diaryl/α,β-unsaturated/α-hetero) is 1. The Hall–Kier alpha value is -3.47. The topological polar surface area (TPSA) is 107 Å². The monoisotopic (exact) mass is 677 g/mol. The second kappa shape index (κ2) is 14.1. The molecule has 1 aliphatic carbocycles. The van der Waals surface area contributed by atoms with Gasteiger partial charge in [-0.05, 0) is 31.0 Å². The van der Waals surface area contributed by atoms with Gasteiger partial charge in [0.05, 0.1) is 24.3 Å². The van der Waals surface area contributed by atoms with Crippen LogP contribution in [0.2, 0.25) is 25.7 Å². The van der Waals surface area contributed by atoms with Gasteiger partial charge in [0.25, 0.3) is 5.56 Å². The Morgan fingerprint density at radius 2 is 1.63 bits per heavy atom. The molecular weight excluding hydrogens is 640 g/mol. The van der Waals surface area contributed by atoms with Crippen molar-refractivity contribution >= 4 is 25.6 Å². The number of amides is 1. The zero-order valence-corrected chi connectivity index (χ0v) is 26.8. The van der Waals surface area contributed by atoms with Gasteiger partial charge in [0.15, 0.2) is 11.3 Å². The Labute approximate surface area is 262 Å². The molecule has 2 fully saturated rings. The highest BCUT2D eigenvalue weighted by Gasteiger charge is 2.41. The minimum atomic E-state index is -5.03. The molecule has 0 bridgehead atoms. The Kier molecular flexibility index (Phi) is 10.9. The largest absolute Gasteiger partial charge is 0.490 e. The van der Waals surface area contributed by atoms with E-state index in [0.717, 1.165) is 24.5 Å². The number of ether oxygens (including phenoxy) is 2. The Morgan fingerprint density at radius 1 is 0.957 bits per heavy atom. The van der Waals surface area contributed by atoms with E-state index in [1.165, 1.54) is 6.07 Å². The van der Waals surface area contributed by atoms with E-state index in [4.69, 9.17) is 9.47 Å². The molecule has 0 spiro atoms. The molecule has 2 aromatic heterocycles. The van der Waals surface area contributed by atoms with E-state index in [1.54, 1.807) is 9.80 Å². The fraction of sp³-hybridized carbons (Fsp3) is 0.621. The molecule has 254 valence electrons. The maximum absolute atomic E-state index is 13.9. The lowest BCUT2D eigenvalue weighted by Gasteiger charge is -2.35. The molecule has 46 heavy (non-hydrogen) atoms. The maximum atomic E-state index is 13.9. The van der Waals surface area contributed by atoms with Crippen molar-refractivity contribution in [2.45, 2.75) is 64.0 Å². The number of alkyl halides is 6. The van der Waals surface area contributed by atoms with Crippen LogP contribution in [0, 0.1) is 11.8 Å². The summed E-state index contributed by atoms with van der Waals surface area (Å²) in [5, 5.41) is 3.77. The standard InChI is InChI=1S/C29H37F6N5O5Si/c1-46(2,3)13-12-44-18-40-27(43)25(29(33,34)35)22(16-37-40)45-17-20-5-4-19(26(20)42)14-24(41)39-10-8-38(9-11-39)23-7-6-21(15-36-23)28(30,31)32/h6-7,15-16,19-20H,4-5,8-14,17-18H2,1-3H3. The van der Waals surface area contributed by atoms with Crippen molar-refractivity contribution in [2.24, 2.45) is 11.8 Å². The predicted octanol–water partition coefficient (Wildman–Crippen LogP) is 4.70. The van der Waals surface area contributed by atoms with E-state index >= 15 is 0 Å². The molecule has 0 radical (unpaired) electrons. The van der Waals surface area contributed by atoms with E-state index in [9.17, 15) is 40.7 Å². The molecule has 4 rings (SSSR count). The lowest BCUT2D eigenvalue weighted by molar-refractivity contribution is -0.141. The van der Waals surface area contributed by atoms with Crippen LogP contribution >= 0.6 is 0 Å². The van der Waals surface area contributed by atoms with Crippen molar-refractivity contribution < 1.29 is 45.4 Å². The first-order valence-electron chi connectivity index (χ1n) is 14.9. The summed E-state index contributed by atoms with van der Waals surface area (Å²) in [6, 6.07) is 2.99. The molecule has 17 heteroatoms. The number of rotatable bonds is 11. The number of hydrogen-bond acceptors (Lipinski definition) is 8. The zero-order valence-electron chi connectivity index (χ0n) is 25.8. The smallest absolute Gasteiger partial charge is 0.425 e. The van der Waals surface area contributed by atoms with Gasteiger partial charge in [-0.1, -0.05) is 19.6 Å². The van der Waals surface area contributed by atoms with Crippen LogP contribution in [0.25, 0.3) is 0 Å². The molecule has 3 heterocycles. The highest BCUT2D eigenvalue weighted by atomic mass is 28.3. The van der Waals surface area contributed by atoms with Gasteiger partial charge < -0.3 is 19.3 Å².